The number of hydrogen-bond acceptors (Lipinski definition) is 8. The maximum atomic E-state index is 12.1. The minimum Gasteiger partial charge on any atom is -0.394 e. The average Bonchev–Trinajstić information content (AvgIpc) is 3.54. The summed E-state index contributed by atoms with van der Waals surface area (Å²) >= 11 is 6.74. The Bertz CT molecular complexity index is 777. The number of carbonyl (C=O) groups excluding carboxylic acids is 1. The molecule has 1 amide bonds. The zero-order valence-electron chi connectivity index (χ0n) is 16.8. The second-order valence-electron chi connectivity index (χ2n) is 6.21. The van der Waals surface area contributed by atoms with Gasteiger partial charge in [-0.05, 0) is 44.9 Å². The summed E-state index contributed by atoms with van der Waals surface area (Å²) in [6, 6.07) is 3.17. The first-order valence-corrected chi connectivity index (χ1v) is 10.2. The highest BCUT2D eigenvalue weighted by molar-refractivity contribution is 7.98. The van der Waals surface area contributed by atoms with Crippen molar-refractivity contribution in [3.05, 3.63) is 58.6 Å². The van der Waals surface area contributed by atoms with E-state index in [1.807, 2.05) is 0 Å². The monoisotopic (exact) mass is 455 g/mol. The zero-order chi connectivity index (χ0) is 22.5. The van der Waals surface area contributed by atoms with Crippen LogP contribution in [-0.4, -0.2) is 45.6 Å². The smallest absolute Gasteiger partial charge is 0.275 e. The number of nitrogens with one attached hydrogen (secondary N) is 2. The average molecular weight is 456 g/mol. The van der Waals surface area contributed by atoms with Gasteiger partial charge in [0.05, 0.1) is 35.9 Å². The van der Waals surface area contributed by atoms with E-state index in [4.69, 9.17) is 36.4 Å². The molecule has 0 aliphatic heterocycles. The van der Waals surface area contributed by atoms with Crippen LogP contribution in [-0.2, 0) is 14.0 Å². The number of amides is 1. The minimum atomic E-state index is -0.570. The summed E-state index contributed by atoms with van der Waals surface area (Å²) in [6.45, 7) is 6.94. The molecule has 0 aromatic carbocycles. The van der Waals surface area contributed by atoms with Crippen LogP contribution in [0.1, 0.15) is 26.7 Å². The van der Waals surface area contributed by atoms with Crippen molar-refractivity contribution in [1.82, 2.24) is 4.98 Å². The molecule has 4 N–H and O–H groups in total. The predicted molar refractivity (Wildman–Crippen MR) is 119 cm³/mol. The van der Waals surface area contributed by atoms with E-state index >= 15 is 0 Å². The molecule has 0 spiro atoms. The maximum Gasteiger partial charge on any atom is 0.275 e. The quantitative estimate of drug-likeness (QED) is 0.139. The number of pyridine rings is 1. The van der Waals surface area contributed by atoms with Crippen molar-refractivity contribution in [2.24, 2.45) is 0 Å². The van der Waals surface area contributed by atoms with Crippen LogP contribution in [0.15, 0.2) is 53.6 Å². The van der Waals surface area contributed by atoms with E-state index in [9.17, 15) is 4.79 Å². The molecule has 0 bridgehead atoms. The second-order valence-corrected chi connectivity index (χ2v) is 7.48. The molecule has 10 heteroatoms. The normalized spacial score (nSPS) is 14.6. The van der Waals surface area contributed by atoms with Gasteiger partial charge in [0, 0.05) is 16.7 Å². The highest BCUT2D eigenvalue weighted by Crippen LogP contribution is 2.27. The first kappa shape index (κ1) is 26.0. The van der Waals surface area contributed by atoms with Gasteiger partial charge < -0.3 is 15.5 Å². The molecular formula is C20H26ClN3O5S. The Morgan fingerprint density at radius 2 is 2.17 bits per heavy atom. The lowest BCUT2D eigenvalue weighted by Crippen LogP contribution is -2.23. The van der Waals surface area contributed by atoms with Gasteiger partial charge in [-0.2, -0.15) is 4.33 Å². The molecule has 1 saturated carbocycles. The first-order valence-electron chi connectivity index (χ1n) is 9.10. The van der Waals surface area contributed by atoms with Gasteiger partial charge in [-0.3, -0.25) is 10.2 Å². The van der Waals surface area contributed by atoms with Crippen LogP contribution in [0.5, 0.6) is 0 Å². The standard InChI is InChI=1S/C17H18ClN3O3S.C3H8O2/c1-3-12(5-4-11(2)25-24-23-14-7-8-14)16(19)17(22)21-15-9-6-13(18)10-20-15;1-3(5)2-4/h3-6,9-10,14,19H,2,7-8H2,1H3,(H,20,21,22);3-5H,2H2,1H3/b5-4-,12-3+,19-16?;/t;3-/m.1/s1. The molecule has 1 aliphatic carbocycles. The molecular weight excluding hydrogens is 430 g/mol. The number of allylic oxidation sites excluding steroid dienone is 3. The Labute approximate surface area is 185 Å². The summed E-state index contributed by atoms with van der Waals surface area (Å²) in [5.74, 6) is -0.247. The Morgan fingerprint density at radius 3 is 2.67 bits per heavy atom. The van der Waals surface area contributed by atoms with E-state index in [0.717, 1.165) is 24.9 Å². The molecule has 0 saturated heterocycles. The molecule has 1 aliphatic rings. The molecule has 30 heavy (non-hydrogen) atoms. The molecule has 8 nitrogen and oxygen atoms in total. The van der Waals surface area contributed by atoms with Crippen molar-refractivity contribution in [3.8, 4) is 0 Å². The van der Waals surface area contributed by atoms with E-state index in [0.29, 0.717) is 21.3 Å². The summed E-state index contributed by atoms with van der Waals surface area (Å²) in [5.41, 5.74) is 0.250. The van der Waals surface area contributed by atoms with E-state index in [1.54, 1.807) is 37.3 Å². The fourth-order valence-electron chi connectivity index (χ4n) is 1.58. The highest BCUT2D eigenvalue weighted by Gasteiger charge is 2.23. The van der Waals surface area contributed by atoms with Gasteiger partial charge in [0.2, 0.25) is 0 Å². The van der Waals surface area contributed by atoms with Gasteiger partial charge in [0.25, 0.3) is 5.91 Å². The third-order valence-corrected chi connectivity index (χ3v) is 4.07. The van der Waals surface area contributed by atoms with Crippen LogP contribution in [0, 0.1) is 5.41 Å². The molecule has 1 aromatic heterocycles. The van der Waals surface area contributed by atoms with Crippen LogP contribution in [0.25, 0.3) is 0 Å². The van der Waals surface area contributed by atoms with Crippen molar-refractivity contribution in [2.45, 2.75) is 38.9 Å². The Balaban J connectivity index is 0.000000804. The predicted octanol–water partition coefficient (Wildman–Crippen LogP) is 3.83. The number of aliphatic hydroxyl groups excluding tert-OH is 2. The number of rotatable bonds is 10. The largest absolute Gasteiger partial charge is 0.394 e. The number of hydrogen-bond donors (Lipinski definition) is 4. The second kappa shape index (κ2) is 14.1. The van der Waals surface area contributed by atoms with Crippen LogP contribution >= 0.6 is 23.6 Å². The van der Waals surface area contributed by atoms with E-state index in [-0.39, 0.29) is 18.4 Å². The summed E-state index contributed by atoms with van der Waals surface area (Å²) in [4.78, 5) is 21.7. The number of aliphatic hydroxyl groups is 2. The SMILES string of the molecule is C=C(/C=C\C(=C/C)C(=N)C(=O)Nc1ccc(Cl)cn1)SOOC1CC1.C[C@@H](O)CO. The number of aromatic nitrogens is 1. The van der Waals surface area contributed by atoms with E-state index in [1.165, 1.54) is 13.1 Å². The number of halogens is 1. The molecule has 1 atom stereocenters. The molecule has 164 valence electrons. The van der Waals surface area contributed by atoms with Gasteiger partial charge in [-0.1, -0.05) is 30.3 Å². The van der Waals surface area contributed by atoms with Gasteiger partial charge in [0.15, 0.2) is 0 Å². The maximum absolute atomic E-state index is 12.1. The van der Waals surface area contributed by atoms with Crippen molar-refractivity contribution in [2.75, 3.05) is 11.9 Å². The topological polar surface area (TPSA) is 125 Å². The van der Waals surface area contributed by atoms with Crippen molar-refractivity contribution < 1.29 is 24.2 Å². The molecule has 1 aromatic rings. The van der Waals surface area contributed by atoms with Gasteiger partial charge in [-0.25, -0.2) is 9.87 Å². The molecule has 0 radical (unpaired) electrons. The minimum absolute atomic E-state index is 0.139. The molecule has 1 heterocycles. The summed E-state index contributed by atoms with van der Waals surface area (Å²) in [6.07, 6.45) is 8.01. The fraction of sp³-hybridized carbons (Fsp3) is 0.350. The fourth-order valence-corrected chi connectivity index (χ4v) is 2.05. The van der Waals surface area contributed by atoms with Crippen molar-refractivity contribution in [1.29, 1.82) is 5.41 Å². The first-order chi connectivity index (χ1) is 14.3. The summed E-state index contributed by atoms with van der Waals surface area (Å²) < 4.78 is 4.98. The van der Waals surface area contributed by atoms with E-state index < -0.39 is 12.0 Å². The third kappa shape index (κ3) is 11.2. The van der Waals surface area contributed by atoms with E-state index in [2.05, 4.69) is 16.9 Å². The highest BCUT2D eigenvalue weighted by atomic mass is 35.5. The summed E-state index contributed by atoms with van der Waals surface area (Å²) in [5, 5.41) is 27.0. The Kier molecular flexibility index (Phi) is 12.2. The van der Waals surface area contributed by atoms with Crippen LogP contribution in [0.3, 0.4) is 0 Å². The van der Waals surface area contributed by atoms with Gasteiger partial charge in [0.1, 0.15) is 11.5 Å². The number of nitrogens with zero attached hydrogens (tertiary/aromatic N) is 1. The van der Waals surface area contributed by atoms with Gasteiger partial charge in [-0.15, -0.1) is 0 Å². The van der Waals surface area contributed by atoms with Crippen LogP contribution in [0.2, 0.25) is 5.02 Å². The lowest BCUT2D eigenvalue weighted by atomic mass is 10.1. The molecule has 2 rings (SSSR count). The Hall–Kier alpha value is -2.01. The Morgan fingerprint density at radius 1 is 1.50 bits per heavy atom. The van der Waals surface area contributed by atoms with Crippen LogP contribution in [0.4, 0.5) is 5.82 Å². The summed E-state index contributed by atoms with van der Waals surface area (Å²) in [7, 11) is 0. The number of carbonyl (C=O) groups is 1. The van der Waals surface area contributed by atoms with Crippen molar-refractivity contribution >= 4 is 41.1 Å². The third-order valence-electron chi connectivity index (χ3n) is 3.35. The lowest BCUT2D eigenvalue weighted by molar-refractivity contribution is -0.200. The van der Waals surface area contributed by atoms with Gasteiger partial charge >= 0.3 is 0 Å². The van der Waals surface area contributed by atoms with Crippen LogP contribution < -0.4 is 5.32 Å². The van der Waals surface area contributed by atoms with Crippen molar-refractivity contribution in [3.63, 3.8) is 0 Å². The lowest BCUT2D eigenvalue weighted by Gasteiger charge is -2.06. The number of anilines is 1. The molecule has 1 fully saturated rings. The zero-order valence-corrected chi connectivity index (χ0v) is 18.4. The molecule has 0 unspecified atom stereocenters.